The van der Waals surface area contributed by atoms with Gasteiger partial charge in [-0.05, 0) is 43.9 Å². The molecule has 0 aliphatic heterocycles. The highest BCUT2D eigenvalue weighted by Crippen LogP contribution is 2.18. The summed E-state index contributed by atoms with van der Waals surface area (Å²) < 4.78 is 0. The Kier molecular flexibility index (Phi) is 10.8. The summed E-state index contributed by atoms with van der Waals surface area (Å²) in [6.07, 6.45) is 2.40. The molecule has 0 bridgehead atoms. The quantitative estimate of drug-likeness (QED) is 0.136. The van der Waals surface area contributed by atoms with E-state index in [1.54, 1.807) is 6.20 Å². The molecule has 1 aromatic carbocycles. The van der Waals surface area contributed by atoms with Gasteiger partial charge >= 0.3 is 11.9 Å². The Morgan fingerprint density at radius 1 is 0.917 bits per heavy atom. The van der Waals surface area contributed by atoms with Crippen LogP contribution in [-0.2, 0) is 30.4 Å². The second kappa shape index (κ2) is 13.8. The fourth-order valence-corrected chi connectivity index (χ4v) is 3.61. The second-order valence-corrected chi connectivity index (χ2v) is 8.29. The number of hydrogen-bond acceptors (Lipinski definition) is 7. The van der Waals surface area contributed by atoms with Crippen molar-refractivity contribution < 1.29 is 34.2 Å². The molecule has 3 atom stereocenters. The predicted molar refractivity (Wildman–Crippen MR) is 130 cm³/mol. The molecular weight excluding hydrogens is 472 g/mol. The van der Waals surface area contributed by atoms with Gasteiger partial charge in [0, 0.05) is 17.1 Å². The van der Waals surface area contributed by atoms with Gasteiger partial charge in [-0.15, -0.1) is 0 Å². The largest absolute Gasteiger partial charge is 0.481 e. The fraction of sp³-hybridized carbons (Fsp3) is 0.435. The molecule has 2 rings (SSSR count). The zero-order valence-electron chi connectivity index (χ0n) is 19.7. The van der Waals surface area contributed by atoms with Crippen LogP contribution in [0.3, 0.4) is 0 Å². The number of para-hydroxylation sites is 1. The molecule has 0 fully saturated rings. The van der Waals surface area contributed by atoms with E-state index in [-0.39, 0.29) is 12.8 Å². The zero-order valence-corrected chi connectivity index (χ0v) is 19.7. The number of nitrogens with two attached hydrogens (primary N) is 2. The minimum Gasteiger partial charge on any atom is -0.481 e. The van der Waals surface area contributed by atoms with Crippen LogP contribution < -0.4 is 27.4 Å². The summed E-state index contributed by atoms with van der Waals surface area (Å²) in [5.41, 5.74) is 13.3. The third-order valence-electron chi connectivity index (χ3n) is 5.46. The Labute approximate surface area is 207 Å². The van der Waals surface area contributed by atoms with Crippen LogP contribution in [0.4, 0.5) is 0 Å². The van der Waals surface area contributed by atoms with Gasteiger partial charge in [-0.2, -0.15) is 0 Å². The maximum atomic E-state index is 12.9. The van der Waals surface area contributed by atoms with Crippen LogP contribution in [0.15, 0.2) is 30.5 Å². The van der Waals surface area contributed by atoms with E-state index in [2.05, 4.69) is 15.6 Å². The van der Waals surface area contributed by atoms with Gasteiger partial charge in [0.2, 0.25) is 17.7 Å². The lowest BCUT2D eigenvalue weighted by Crippen LogP contribution is -2.56. The number of nitrogens with one attached hydrogen (secondary N) is 4. The van der Waals surface area contributed by atoms with Crippen molar-refractivity contribution in [3.63, 3.8) is 0 Å². The number of amides is 3. The SMILES string of the molecule is NCCCCC(NC(=O)C(N)Cc1c[nH]c2ccccc12)C(=O)NC(CC(=O)O)C(=O)NCC(=O)O. The maximum absolute atomic E-state index is 12.9. The molecule has 0 spiro atoms. The van der Waals surface area contributed by atoms with Crippen LogP contribution in [-0.4, -0.2) is 76.1 Å². The van der Waals surface area contributed by atoms with E-state index < -0.39 is 60.8 Å². The van der Waals surface area contributed by atoms with E-state index in [0.717, 1.165) is 16.5 Å². The predicted octanol–water partition coefficient (Wildman–Crippen LogP) is -1.19. The molecule has 1 aromatic heterocycles. The van der Waals surface area contributed by atoms with E-state index in [9.17, 15) is 24.0 Å². The highest BCUT2D eigenvalue weighted by atomic mass is 16.4. The molecule has 36 heavy (non-hydrogen) atoms. The van der Waals surface area contributed by atoms with Gasteiger partial charge < -0.3 is 42.6 Å². The van der Waals surface area contributed by atoms with E-state index in [0.29, 0.717) is 19.4 Å². The van der Waals surface area contributed by atoms with Crippen molar-refractivity contribution in [1.82, 2.24) is 20.9 Å². The number of benzene rings is 1. The van der Waals surface area contributed by atoms with Crippen LogP contribution in [0, 0.1) is 0 Å². The van der Waals surface area contributed by atoms with Crippen LogP contribution in [0.25, 0.3) is 10.9 Å². The first-order valence-corrected chi connectivity index (χ1v) is 11.4. The smallest absolute Gasteiger partial charge is 0.322 e. The summed E-state index contributed by atoms with van der Waals surface area (Å²) in [5, 5.41) is 25.7. The molecule has 0 aliphatic rings. The van der Waals surface area contributed by atoms with E-state index in [1.807, 2.05) is 29.6 Å². The zero-order chi connectivity index (χ0) is 26.7. The summed E-state index contributed by atoms with van der Waals surface area (Å²) in [5.74, 6) is -5.08. The standard InChI is InChI=1S/C23H32N6O7/c24-8-4-3-7-17(23(36)29-18(10-19(30)31)22(35)27-12-20(32)33)28-21(34)15(25)9-13-11-26-16-6-2-1-5-14(13)16/h1-2,5-6,11,15,17-18,26H,3-4,7-10,12,24-25H2,(H,27,35)(H,28,34)(H,29,36)(H,30,31)(H,32,33). The Bertz CT molecular complexity index is 1090. The van der Waals surface area contributed by atoms with E-state index in [4.69, 9.17) is 21.7 Å². The van der Waals surface area contributed by atoms with Gasteiger partial charge in [-0.25, -0.2) is 0 Å². The molecule has 3 amide bonds. The molecule has 0 aliphatic carbocycles. The van der Waals surface area contributed by atoms with Crippen molar-refractivity contribution in [2.24, 2.45) is 11.5 Å². The van der Waals surface area contributed by atoms with E-state index in [1.165, 1.54) is 0 Å². The van der Waals surface area contributed by atoms with Crippen molar-refractivity contribution in [3.05, 3.63) is 36.0 Å². The molecular formula is C23H32N6O7. The lowest BCUT2D eigenvalue weighted by atomic mass is 10.0. The molecule has 0 saturated carbocycles. The van der Waals surface area contributed by atoms with Crippen LogP contribution in [0.5, 0.6) is 0 Å². The number of carbonyl (C=O) groups is 5. The van der Waals surface area contributed by atoms with Gasteiger partial charge in [0.15, 0.2) is 0 Å². The Hall–Kier alpha value is -3.97. The number of aromatic nitrogens is 1. The Morgan fingerprint density at radius 2 is 1.61 bits per heavy atom. The average Bonchev–Trinajstić information content (AvgIpc) is 3.23. The number of hydrogen-bond donors (Lipinski definition) is 8. The number of H-pyrrole nitrogens is 1. The first-order valence-electron chi connectivity index (χ1n) is 11.4. The van der Waals surface area contributed by atoms with Crippen molar-refractivity contribution in [3.8, 4) is 0 Å². The molecule has 0 radical (unpaired) electrons. The number of aliphatic carboxylic acids is 2. The van der Waals surface area contributed by atoms with Crippen LogP contribution >= 0.6 is 0 Å². The number of carboxylic acid groups (broad SMARTS) is 2. The number of rotatable bonds is 15. The molecule has 2 aromatic rings. The monoisotopic (exact) mass is 504 g/mol. The van der Waals surface area contributed by atoms with Gasteiger partial charge in [-0.3, -0.25) is 24.0 Å². The number of carboxylic acids is 2. The summed E-state index contributed by atoms with van der Waals surface area (Å²) in [6, 6.07) is 3.89. The molecule has 3 unspecified atom stereocenters. The van der Waals surface area contributed by atoms with Crippen LogP contribution in [0.2, 0.25) is 0 Å². The van der Waals surface area contributed by atoms with Crippen molar-refractivity contribution in [2.75, 3.05) is 13.1 Å². The number of unbranched alkanes of at least 4 members (excludes halogenated alkanes) is 1. The summed E-state index contributed by atoms with van der Waals surface area (Å²) in [6.45, 7) is -0.383. The summed E-state index contributed by atoms with van der Waals surface area (Å²) in [4.78, 5) is 63.0. The molecule has 1 heterocycles. The molecule has 13 nitrogen and oxygen atoms in total. The normalized spacial score (nSPS) is 13.4. The number of fused-ring (bicyclic) bond motifs is 1. The first kappa shape index (κ1) is 28.3. The highest BCUT2D eigenvalue weighted by molar-refractivity contribution is 5.95. The lowest BCUT2D eigenvalue weighted by Gasteiger charge is -2.23. The number of carbonyl (C=O) groups excluding carboxylic acids is 3. The fourth-order valence-electron chi connectivity index (χ4n) is 3.61. The highest BCUT2D eigenvalue weighted by Gasteiger charge is 2.29. The Morgan fingerprint density at radius 3 is 2.28 bits per heavy atom. The first-order chi connectivity index (χ1) is 17.1. The second-order valence-electron chi connectivity index (χ2n) is 8.29. The maximum Gasteiger partial charge on any atom is 0.322 e. The van der Waals surface area contributed by atoms with Crippen LogP contribution in [0.1, 0.15) is 31.2 Å². The lowest BCUT2D eigenvalue weighted by molar-refractivity contribution is -0.141. The summed E-state index contributed by atoms with van der Waals surface area (Å²) >= 11 is 0. The third-order valence-corrected chi connectivity index (χ3v) is 5.46. The third kappa shape index (κ3) is 8.67. The minimum atomic E-state index is -1.54. The van der Waals surface area contributed by atoms with Gasteiger partial charge in [0.25, 0.3) is 0 Å². The van der Waals surface area contributed by atoms with Crippen molar-refractivity contribution in [2.45, 2.75) is 50.2 Å². The average molecular weight is 505 g/mol. The molecule has 196 valence electrons. The topological polar surface area (TPSA) is 230 Å². The molecule has 13 heteroatoms. The Balaban J connectivity index is 2.09. The van der Waals surface area contributed by atoms with Gasteiger partial charge in [0.05, 0.1) is 12.5 Å². The van der Waals surface area contributed by atoms with E-state index >= 15 is 0 Å². The molecule has 10 N–H and O–H groups in total. The summed E-state index contributed by atoms with van der Waals surface area (Å²) in [7, 11) is 0. The van der Waals surface area contributed by atoms with Crippen molar-refractivity contribution >= 4 is 40.6 Å². The van der Waals surface area contributed by atoms with Crippen molar-refractivity contribution in [1.29, 1.82) is 0 Å². The molecule has 0 saturated heterocycles. The van der Waals surface area contributed by atoms with Gasteiger partial charge in [-0.1, -0.05) is 18.2 Å². The van der Waals surface area contributed by atoms with Gasteiger partial charge in [0.1, 0.15) is 18.6 Å². The number of aromatic amines is 1. The minimum absolute atomic E-state index is 0.172.